The molecule has 1 aliphatic rings. The molecule has 0 saturated carbocycles. The van der Waals surface area contributed by atoms with E-state index in [0.29, 0.717) is 19.6 Å². The second kappa shape index (κ2) is 6.87. The van der Waals surface area contributed by atoms with E-state index < -0.39 is 10.0 Å². The first-order valence-electron chi connectivity index (χ1n) is 7.46. The molecule has 118 valence electrons. The van der Waals surface area contributed by atoms with E-state index in [0.717, 1.165) is 24.2 Å². The highest BCUT2D eigenvalue weighted by Gasteiger charge is 2.30. The molecule has 1 fully saturated rings. The Labute approximate surface area is 127 Å². The molecule has 0 aliphatic carbocycles. The number of hydrogen-bond donors (Lipinski definition) is 1. The van der Waals surface area contributed by atoms with Crippen LogP contribution in [0.25, 0.3) is 0 Å². The van der Waals surface area contributed by atoms with E-state index >= 15 is 0 Å². The van der Waals surface area contributed by atoms with Gasteiger partial charge in [0.2, 0.25) is 10.0 Å². The number of sulfonamides is 1. The molecule has 1 aromatic carbocycles. The van der Waals surface area contributed by atoms with Crippen molar-refractivity contribution in [2.24, 2.45) is 5.73 Å². The van der Waals surface area contributed by atoms with Gasteiger partial charge in [-0.1, -0.05) is 31.2 Å². The van der Waals surface area contributed by atoms with Crippen molar-refractivity contribution in [3.8, 4) is 0 Å². The van der Waals surface area contributed by atoms with Gasteiger partial charge in [-0.15, -0.1) is 0 Å². The number of hydrogen-bond acceptors (Lipinski definition) is 4. The summed E-state index contributed by atoms with van der Waals surface area (Å²) >= 11 is 0. The minimum absolute atomic E-state index is 0.0552. The Hall–Kier alpha value is -0.950. The second-order valence-corrected chi connectivity index (χ2v) is 7.58. The van der Waals surface area contributed by atoms with E-state index in [9.17, 15) is 8.42 Å². The van der Waals surface area contributed by atoms with Crippen LogP contribution in [0.2, 0.25) is 0 Å². The lowest BCUT2D eigenvalue weighted by atomic mass is 10.1. The molecule has 0 bridgehead atoms. The van der Waals surface area contributed by atoms with E-state index in [-0.39, 0.29) is 11.8 Å². The zero-order valence-corrected chi connectivity index (χ0v) is 13.6. The smallest absolute Gasteiger partial charge is 0.218 e. The molecule has 1 unspecified atom stereocenters. The van der Waals surface area contributed by atoms with Gasteiger partial charge in [0.05, 0.1) is 5.75 Å². The van der Waals surface area contributed by atoms with Crippen LogP contribution < -0.4 is 5.73 Å². The maximum atomic E-state index is 12.6. The first kappa shape index (κ1) is 16.4. The summed E-state index contributed by atoms with van der Waals surface area (Å²) < 4.78 is 26.8. The molecule has 0 amide bonds. The number of nitrogens with zero attached hydrogens (tertiary/aromatic N) is 2. The van der Waals surface area contributed by atoms with Crippen molar-refractivity contribution in [1.82, 2.24) is 9.21 Å². The quantitative estimate of drug-likeness (QED) is 0.881. The third kappa shape index (κ3) is 4.03. The van der Waals surface area contributed by atoms with Gasteiger partial charge in [0.15, 0.2) is 0 Å². The van der Waals surface area contributed by atoms with Crippen LogP contribution in [0.15, 0.2) is 24.3 Å². The number of benzene rings is 1. The molecule has 1 saturated heterocycles. The lowest BCUT2D eigenvalue weighted by molar-refractivity contribution is 0.135. The largest absolute Gasteiger partial charge is 0.326 e. The Bertz CT molecular complexity index is 574. The summed E-state index contributed by atoms with van der Waals surface area (Å²) in [5.74, 6) is 0.0552. The number of rotatable bonds is 5. The van der Waals surface area contributed by atoms with Gasteiger partial charge in [-0.3, -0.25) is 4.90 Å². The second-order valence-electron chi connectivity index (χ2n) is 5.62. The van der Waals surface area contributed by atoms with Crippen LogP contribution in [0.4, 0.5) is 0 Å². The standard InChI is InChI=1S/C15H25N3O2S/c1-3-17-7-8-18(11-13(17)2)21(19,20)12-15-6-4-5-14(9-15)10-16/h4-6,9,13H,3,7-8,10-12,16H2,1-2H3. The van der Waals surface area contributed by atoms with Crippen molar-refractivity contribution in [2.75, 3.05) is 26.2 Å². The topological polar surface area (TPSA) is 66.6 Å². The van der Waals surface area contributed by atoms with Gasteiger partial charge in [0.1, 0.15) is 0 Å². The maximum absolute atomic E-state index is 12.6. The van der Waals surface area contributed by atoms with Crippen LogP contribution in [0.1, 0.15) is 25.0 Å². The van der Waals surface area contributed by atoms with Crippen LogP contribution in [0, 0.1) is 0 Å². The molecule has 2 rings (SSSR count). The average molecular weight is 311 g/mol. The third-order valence-corrected chi connectivity index (χ3v) is 5.92. The van der Waals surface area contributed by atoms with Gasteiger partial charge >= 0.3 is 0 Å². The molecule has 0 spiro atoms. The minimum atomic E-state index is -3.26. The normalized spacial score (nSPS) is 21.6. The molecule has 21 heavy (non-hydrogen) atoms. The van der Waals surface area contributed by atoms with Gasteiger partial charge in [-0.2, -0.15) is 4.31 Å². The summed E-state index contributed by atoms with van der Waals surface area (Å²) in [6, 6.07) is 7.78. The molecule has 6 heteroatoms. The Balaban J connectivity index is 2.08. The van der Waals surface area contributed by atoms with Crippen molar-refractivity contribution in [3.05, 3.63) is 35.4 Å². The highest BCUT2D eigenvalue weighted by atomic mass is 32.2. The van der Waals surface area contributed by atoms with Crippen molar-refractivity contribution in [2.45, 2.75) is 32.2 Å². The van der Waals surface area contributed by atoms with Crippen LogP contribution in [0.3, 0.4) is 0 Å². The number of likely N-dealkylation sites (N-methyl/N-ethyl adjacent to an activating group) is 1. The molecule has 5 nitrogen and oxygen atoms in total. The monoisotopic (exact) mass is 311 g/mol. The summed E-state index contributed by atoms with van der Waals surface area (Å²) in [7, 11) is -3.26. The lowest BCUT2D eigenvalue weighted by Crippen LogP contribution is -2.53. The molecule has 1 aromatic rings. The first-order chi connectivity index (χ1) is 9.96. The Morgan fingerprint density at radius 2 is 2.00 bits per heavy atom. The molecule has 1 aliphatic heterocycles. The Morgan fingerprint density at radius 1 is 1.29 bits per heavy atom. The number of nitrogens with two attached hydrogens (primary N) is 1. The van der Waals surface area contributed by atoms with Crippen molar-refractivity contribution < 1.29 is 8.42 Å². The Kier molecular flexibility index (Phi) is 5.37. The molecule has 1 atom stereocenters. The zero-order chi connectivity index (χ0) is 15.5. The summed E-state index contributed by atoms with van der Waals surface area (Å²) in [5.41, 5.74) is 7.38. The lowest BCUT2D eigenvalue weighted by Gasteiger charge is -2.38. The molecule has 0 aromatic heterocycles. The van der Waals surface area contributed by atoms with Crippen LogP contribution >= 0.6 is 0 Å². The highest BCUT2D eigenvalue weighted by molar-refractivity contribution is 7.88. The van der Waals surface area contributed by atoms with Crippen LogP contribution in [-0.4, -0.2) is 49.8 Å². The summed E-state index contributed by atoms with van der Waals surface area (Å²) in [6.45, 7) is 7.55. The summed E-state index contributed by atoms with van der Waals surface area (Å²) in [5, 5.41) is 0. The SMILES string of the molecule is CCN1CCN(S(=O)(=O)Cc2cccc(CN)c2)CC1C. The van der Waals surface area contributed by atoms with Gasteiger partial charge in [0.25, 0.3) is 0 Å². The molecule has 2 N–H and O–H groups in total. The van der Waals surface area contributed by atoms with Crippen molar-refractivity contribution in [1.29, 1.82) is 0 Å². The molecule has 1 heterocycles. The molecular weight excluding hydrogens is 286 g/mol. The first-order valence-corrected chi connectivity index (χ1v) is 9.07. The maximum Gasteiger partial charge on any atom is 0.218 e. The fourth-order valence-corrected chi connectivity index (χ4v) is 4.42. The van der Waals surface area contributed by atoms with Crippen molar-refractivity contribution >= 4 is 10.0 Å². The van der Waals surface area contributed by atoms with Crippen molar-refractivity contribution in [3.63, 3.8) is 0 Å². The van der Waals surface area contributed by atoms with Crippen LogP contribution in [-0.2, 0) is 22.3 Å². The van der Waals surface area contributed by atoms with Gasteiger partial charge < -0.3 is 5.73 Å². The highest BCUT2D eigenvalue weighted by Crippen LogP contribution is 2.17. The van der Waals surface area contributed by atoms with Gasteiger partial charge in [-0.05, 0) is 24.6 Å². The fourth-order valence-electron chi connectivity index (χ4n) is 2.83. The summed E-state index contributed by atoms with van der Waals surface area (Å²) in [4.78, 5) is 2.31. The average Bonchev–Trinajstić information content (AvgIpc) is 2.47. The van der Waals surface area contributed by atoms with E-state index in [2.05, 4.69) is 18.7 Å². The zero-order valence-electron chi connectivity index (χ0n) is 12.8. The van der Waals surface area contributed by atoms with E-state index in [1.165, 1.54) is 0 Å². The molecule has 0 radical (unpaired) electrons. The van der Waals surface area contributed by atoms with Crippen LogP contribution in [0.5, 0.6) is 0 Å². The predicted molar refractivity (Wildman–Crippen MR) is 85.2 cm³/mol. The van der Waals surface area contributed by atoms with E-state index in [4.69, 9.17) is 5.73 Å². The Morgan fingerprint density at radius 3 is 2.62 bits per heavy atom. The van der Waals surface area contributed by atoms with Gasteiger partial charge in [-0.25, -0.2) is 8.42 Å². The predicted octanol–water partition coefficient (Wildman–Crippen LogP) is 1.00. The third-order valence-electron chi connectivity index (χ3n) is 4.10. The number of piperazine rings is 1. The summed E-state index contributed by atoms with van der Waals surface area (Å²) in [6.07, 6.45) is 0. The minimum Gasteiger partial charge on any atom is -0.326 e. The van der Waals surface area contributed by atoms with Gasteiger partial charge in [0, 0.05) is 32.2 Å². The molecular formula is C15H25N3O2S. The van der Waals surface area contributed by atoms with E-state index in [1.54, 1.807) is 4.31 Å². The fraction of sp³-hybridized carbons (Fsp3) is 0.600. The van der Waals surface area contributed by atoms with E-state index in [1.807, 2.05) is 24.3 Å².